The van der Waals surface area contributed by atoms with Gasteiger partial charge in [0.05, 0.1) is 18.1 Å². The lowest BCUT2D eigenvalue weighted by molar-refractivity contribution is 0.141. The summed E-state index contributed by atoms with van der Waals surface area (Å²) >= 11 is 1.77. The van der Waals surface area contributed by atoms with Gasteiger partial charge in [-0.3, -0.25) is 0 Å². The predicted octanol–water partition coefficient (Wildman–Crippen LogP) is 3.41. The molecule has 3 rings (SSSR count). The van der Waals surface area contributed by atoms with E-state index in [0.717, 1.165) is 11.1 Å². The molecule has 0 unspecified atom stereocenters. The molecule has 108 valence electrons. The predicted molar refractivity (Wildman–Crippen MR) is 81.5 cm³/mol. The van der Waals surface area contributed by atoms with Gasteiger partial charge in [-0.15, -0.1) is 11.3 Å². The Kier molecular flexibility index (Phi) is 3.19. The number of rotatable bonds is 0. The van der Waals surface area contributed by atoms with Gasteiger partial charge in [0.15, 0.2) is 9.84 Å². The van der Waals surface area contributed by atoms with E-state index in [1.807, 2.05) is 0 Å². The van der Waals surface area contributed by atoms with Crippen molar-refractivity contribution in [2.75, 3.05) is 6.61 Å². The van der Waals surface area contributed by atoms with Crippen LogP contribution in [0.5, 0.6) is 0 Å². The van der Waals surface area contributed by atoms with Crippen molar-refractivity contribution >= 4 is 21.2 Å². The summed E-state index contributed by atoms with van der Waals surface area (Å²) < 4.78 is 30.4. The van der Waals surface area contributed by atoms with Crippen molar-refractivity contribution in [2.45, 2.75) is 40.7 Å². The van der Waals surface area contributed by atoms with E-state index in [-0.39, 0.29) is 0 Å². The topological polar surface area (TPSA) is 43.4 Å². The lowest BCUT2D eigenvalue weighted by Gasteiger charge is -2.17. The highest BCUT2D eigenvalue weighted by Gasteiger charge is 2.34. The van der Waals surface area contributed by atoms with Crippen LogP contribution in [0.2, 0.25) is 0 Å². The molecule has 0 spiro atoms. The molecule has 0 fully saturated rings. The van der Waals surface area contributed by atoms with Crippen LogP contribution in [0.15, 0.2) is 21.0 Å². The molecule has 3 nitrogen and oxygen atoms in total. The lowest BCUT2D eigenvalue weighted by atomic mass is 9.94. The average molecular weight is 310 g/mol. The van der Waals surface area contributed by atoms with Crippen molar-refractivity contribution in [1.82, 2.24) is 0 Å². The Labute approximate surface area is 123 Å². The fourth-order valence-electron chi connectivity index (χ4n) is 3.03. The fraction of sp³-hybridized carbons (Fsp3) is 0.467. The lowest BCUT2D eigenvalue weighted by Crippen LogP contribution is -2.09. The summed E-state index contributed by atoms with van der Waals surface area (Å²) in [5, 5.41) is 0. The Bertz CT molecular complexity index is 761. The minimum Gasteiger partial charge on any atom is -0.372 e. The molecule has 2 aliphatic heterocycles. The fourth-order valence-corrected chi connectivity index (χ4v) is 5.60. The SMILES string of the molecule is CC1=C2COCc3c(C)sc(C)c3CC2=C(C)S1(=O)=O. The van der Waals surface area contributed by atoms with Gasteiger partial charge < -0.3 is 4.74 Å². The second kappa shape index (κ2) is 4.55. The van der Waals surface area contributed by atoms with E-state index < -0.39 is 9.84 Å². The number of hydrogen-bond donors (Lipinski definition) is 0. The molecule has 0 bridgehead atoms. The molecule has 1 aromatic heterocycles. The van der Waals surface area contributed by atoms with Crippen molar-refractivity contribution in [3.63, 3.8) is 0 Å². The molecule has 0 saturated heterocycles. The van der Waals surface area contributed by atoms with Gasteiger partial charge in [-0.2, -0.15) is 0 Å². The van der Waals surface area contributed by atoms with E-state index in [1.165, 1.54) is 20.9 Å². The van der Waals surface area contributed by atoms with Crippen LogP contribution in [0.1, 0.15) is 34.7 Å². The highest BCUT2D eigenvalue weighted by Crippen LogP contribution is 2.41. The van der Waals surface area contributed by atoms with Crippen LogP contribution in [0.4, 0.5) is 0 Å². The third-order valence-electron chi connectivity index (χ3n) is 4.39. The highest BCUT2D eigenvalue weighted by molar-refractivity contribution is 7.99. The number of fused-ring (bicyclic) bond motifs is 2. The minimum absolute atomic E-state index is 0.394. The standard InChI is InChI=1S/C15H18O3S2/c1-8-12-5-13-10(3)20(16,17)11(4)15(13)7-18-6-14(12)9(2)19-8/h5-7H2,1-4H3. The number of sulfone groups is 1. The normalized spacial score (nSPS) is 21.6. The van der Waals surface area contributed by atoms with Gasteiger partial charge in [-0.25, -0.2) is 8.42 Å². The highest BCUT2D eigenvalue weighted by atomic mass is 32.2. The Morgan fingerprint density at radius 1 is 0.900 bits per heavy atom. The zero-order valence-electron chi connectivity index (χ0n) is 12.2. The first-order valence-electron chi connectivity index (χ1n) is 6.64. The van der Waals surface area contributed by atoms with Gasteiger partial charge >= 0.3 is 0 Å². The molecule has 0 radical (unpaired) electrons. The van der Waals surface area contributed by atoms with Crippen LogP contribution >= 0.6 is 11.3 Å². The van der Waals surface area contributed by atoms with Gasteiger partial charge in [0, 0.05) is 21.1 Å². The number of allylic oxidation sites excluding steroid dienone is 2. The van der Waals surface area contributed by atoms with Crippen LogP contribution in [0, 0.1) is 13.8 Å². The summed E-state index contributed by atoms with van der Waals surface area (Å²) in [6.07, 6.45) is 0.715. The monoisotopic (exact) mass is 310 g/mol. The van der Waals surface area contributed by atoms with Crippen molar-refractivity contribution < 1.29 is 13.2 Å². The Hall–Kier alpha value is -0.910. The zero-order chi connectivity index (χ0) is 14.7. The van der Waals surface area contributed by atoms with Crippen LogP contribution in [-0.4, -0.2) is 15.0 Å². The van der Waals surface area contributed by atoms with E-state index >= 15 is 0 Å². The van der Waals surface area contributed by atoms with Gasteiger partial charge in [0.2, 0.25) is 0 Å². The van der Waals surface area contributed by atoms with E-state index in [4.69, 9.17) is 4.74 Å². The van der Waals surface area contributed by atoms with Gasteiger partial charge in [0.1, 0.15) is 0 Å². The molecule has 0 amide bonds. The summed E-state index contributed by atoms with van der Waals surface area (Å²) in [6, 6.07) is 0. The van der Waals surface area contributed by atoms with Gasteiger partial charge in [-0.1, -0.05) is 0 Å². The van der Waals surface area contributed by atoms with Crippen molar-refractivity contribution in [3.8, 4) is 0 Å². The molecule has 20 heavy (non-hydrogen) atoms. The molecule has 0 atom stereocenters. The average Bonchev–Trinajstić information content (AvgIpc) is 2.68. The third-order valence-corrected chi connectivity index (χ3v) is 7.60. The summed E-state index contributed by atoms with van der Waals surface area (Å²) in [4.78, 5) is 3.52. The van der Waals surface area contributed by atoms with Gasteiger partial charge in [-0.05, 0) is 50.0 Å². The second-order valence-corrected chi connectivity index (χ2v) is 9.07. The molecular weight excluding hydrogens is 292 g/mol. The first kappa shape index (κ1) is 14.0. The molecule has 1 aromatic rings. The largest absolute Gasteiger partial charge is 0.372 e. The van der Waals surface area contributed by atoms with Crippen LogP contribution in [-0.2, 0) is 27.6 Å². The molecule has 3 heterocycles. The molecule has 0 aliphatic carbocycles. The smallest absolute Gasteiger partial charge is 0.199 e. The van der Waals surface area contributed by atoms with E-state index in [0.29, 0.717) is 29.4 Å². The first-order chi connectivity index (χ1) is 9.34. The van der Waals surface area contributed by atoms with Crippen molar-refractivity contribution in [3.05, 3.63) is 41.8 Å². The Morgan fingerprint density at radius 3 is 2.20 bits per heavy atom. The number of hydrogen-bond acceptors (Lipinski definition) is 4. The Balaban J connectivity index is 2.21. The van der Waals surface area contributed by atoms with Crippen molar-refractivity contribution in [2.24, 2.45) is 0 Å². The molecule has 0 N–H and O–H groups in total. The summed E-state index contributed by atoms with van der Waals surface area (Å²) in [6.45, 7) is 8.60. The minimum atomic E-state index is -3.24. The number of thiophene rings is 1. The maximum absolute atomic E-state index is 12.3. The van der Waals surface area contributed by atoms with Crippen LogP contribution in [0.3, 0.4) is 0 Å². The molecule has 0 aromatic carbocycles. The number of aryl methyl sites for hydroxylation is 2. The van der Waals surface area contributed by atoms with Crippen LogP contribution < -0.4 is 0 Å². The van der Waals surface area contributed by atoms with Crippen LogP contribution in [0.25, 0.3) is 0 Å². The quantitative estimate of drug-likeness (QED) is 0.737. The third kappa shape index (κ3) is 1.84. The van der Waals surface area contributed by atoms with E-state index in [1.54, 1.807) is 25.2 Å². The molecular formula is C15H18O3S2. The van der Waals surface area contributed by atoms with Crippen molar-refractivity contribution in [1.29, 1.82) is 0 Å². The first-order valence-corrected chi connectivity index (χ1v) is 8.94. The maximum atomic E-state index is 12.3. The summed E-state index contributed by atoms with van der Waals surface area (Å²) in [7, 11) is -3.24. The summed E-state index contributed by atoms with van der Waals surface area (Å²) in [5.74, 6) is 0. The van der Waals surface area contributed by atoms with E-state index in [2.05, 4.69) is 13.8 Å². The second-order valence-electron chi connectivity index (χ2n) is 5.41. The summed E-state index contributed by atoms with van der Waals surface area (Å²) in [5.41, 5.74) is 4.32. The molecule has 5 heteroatoms. The Morgan fingerprint density at radius 2 is 1.50 bits per heavy atom. The molecule has 2 aliphatic rings. The van der Waals surface area contributed by atoms with E-state index in [9.17, 15) is 8.42 Å². The maximum Gasteiger partial charge on any atom is 0.199 e. The number of ether oxygens (including phenoxy) is 1. The molecule has 0 saturated carbocycles. The van der Waals surface area contributed by atoms with Gasteiger partial charge in [0.25, 0.3) is 0 Å². The zero-order valence-corrected chi connectivity index (χ0v) is 13.8.